The van der Waals surface area contributed by atoms with Gasteiger partial charge in [0.15, 0.2) is 0 Å². The lowest BCUT2D eigenvalue weighted by atomic mass is 10.1. The minimum Gasteiger partial charge on any atom is -0.494 e. The van der Waals surface area contributed by atoms with Crippen LogP contribution in [-0.2, 0) is 27.8 Å². The summed E-state index contributed by atoms with van der Waals surface area (Å²) in [5.74, 6) is 0.167. The Hall–Kier alpha value is -2.22. The summed E-state index contributed by atoms with van der Waals surface area (Å²) in [6, 6.07) is 9.28. The zero-order valence-electron chi connectivity index (χ0n) is 17.5. The Bertz CT molecular complexity index is 1210. The topological polar surface area (TPSA) is 77.4 Å². The normalized spacial score (nSPS) is 11.6. The standard InChI is InChI=1S/C22H24Cl2N2O4S/c1-14-10-17(11-15(2)22(14)24)30-9-5-6-16-12-26(13-20(27)25-31(3,28)29)19-8-4-7-18(23)21(16)19/h4,7-8,10-12H,5-6,9,13H2,1-3H3,(H,25,27). The molecule has 0 aliphatic heterocycles. The van der Waals surface area contributed by atoms with E-state index in [0.717, 1.165) is 51.0 Å². The quantitative estimate of drug-likeness (QED) is 0.473. The molecule has 1 aromatic heterocycles. The van der Waals surface area contributed by atoms with Crippen molar-refractivity contribution < 1.29 is 17.9 Å². The molecule has 0 spiro atoms. The summed E-state index contributed by atoms with van der Waals surface area (Å²) < 4.78 is 32.2. The molecule has 3 rings (SSSR count). The number of nitrogens with one attached hydrogen (secondary N) is 1. The predicted octanol–water partition coefficient (Wildman–Crippen LogP) is 4.65. The van der Waals surface area contributed by atoms with Crippen molar-refractivity contribution in [3.8, 4) is 5.75 Å². The summed E-state index contributed by atoms with van der Waals surface area (Å²) in [4.78, 5) is 12.1. The van der Waals surface area contributed by atoms with Gasteiger partial charge in [-0.05, 0) is 67.6 Å². The monoisotopic (exact) mass is 482 g/mol. The van der Waals surface area contributed by atoms with Gasteiger partial charge in [-0.1, -0.05) is 29.3 Å². The maximum absolute atomic E-state index is 12.1. The van der Waals surface area contributed by atoms with Crippen molar-refractivity contribution in [2.45, 2.75) is 33.2 Å². The molecule has 0 bridgehead atoms. The number of aryl methyl sites for hydroxylation is 3. The van der Waals surface area contributed by atoms with Gasteiger partial charge in [-0.2, -0.15) is 0 Å². The van der Waals surface area contributed by atoms with Crippen LogP contribution in [0.15, 0.2) is 36.5 Å². The molecule has 2 aromatic carbocycles. The number of carbonyl (C=O) groups is 1. The number of amides is 1. The van der Waals surface area contributed by atoms with E-state index in [2.05, 4.69) is 0 Å². The van der Waals surface area contributed by atoms with E-state index in [1.807, 2.05) is 43.0 Å². The highest BCUT2D eigenvalue weighted by Crippen LogP contribution is 2.30. The highest BCUT2D eigenvalue weighted by Gasteiger charge is 2.15. The molecule has 31 heavy (non-hydrogen) atoms. The minimum absolute atomic E-state index is 0.121. The van der Waals surface area contributed by atoms with Gasteiger partial charge in [0, 0.05) is 16.6 Å². The van der Waals surface area contributed by atoms with Crippen LogP contribution in [0.25, 0.3) is 10.9 Å². The first-order valence-corrected chi connectivity index (χ1v) is 12.4. The number of benzene rings is 2. The van der Waals surface area contributed by atoms with Gasteiger partial charge in [0.1, 0.15) is 12.3 Å². The number of hydrogen-bond donors (Lipinski definition) is 1. The van der Waals surface area contributed by atoms with Crippen molar-refractivity contribution in [3.05, 3.63) is 63.3 Å². The molecule has 0 atom stereocenters. The largest absolute Gasteiger partial charge is 0.494 e. The number of aromatic nitrogens is 1. The van der Waals surface area contributed by atoms with Crippen LogP contribution in [0.1, 0.15) is 23.1 Å². The van der Waals surface area contributed by atoms with Crippen molar-refractivity contribution in [2.75, 3.05) is 12.9 Å². The van der Waals surface area contributed by atoms with Crippen molar-refractivity contribution in [2.24, 2.45) is 0 Å². The van der Waals surface area contributed by atoms with E-state index in [0.29, 0.717) is 18.1 Å². The van der Waals surface area contributed by atoms with Crippen LogP contribution in [0.2, 0.25) is 10.0 Å². The van der Waals surface area contributed by atoms with Crippen LogP contribution in [0, 0.1) is 13.8 Å². The lowest BCUT2D eigenvalue weighted by molar-refractivity contribution is -0.119. The van der Waals surface area contributed by atoms with Crippen LogP contribution < -0.4 is 9.46 Å². The molecule has 0 radical (unpaired) electrons. The summed E-state index contributed by atoms with van der Waals surface area (Å²) in [7, 11) is -3.61. The zero-order chi connectivity index (χ0) is 22.8. The molecule has 1 N–H and O–H groups in total. The van der Waals surface area contributed by atoms with Crippen molar-refractivity contribution in [3.63, 3.8) is 0 Å². The van der Waals surface area contributed by atoms with Crippen LogP contribution in [-0.4, -0.2) is 31.8 Å². The van der Waals surface area contributed by atoms with E-state index in [4.69, 9.17) is 27.9 Å². The Balaban J connectivity index is 1.72. The first kappa shape index (κ1) is 23.4. The number of rotatable bonds is 8. The lowest BCUT2D eigenvalue weighted by Crippen LogP contribution is -2.32. The molecule has 1 heterocycles. The third-order valence-corrected chi connectivity index (χ3v) is 6.33. The minimum atomic E-state index is -3.61. The van der Waals surface area contributed by atoms with E-state index in [9.17, 15) is 13.2 Å². The molecule has 166 valence electrons. The SMILES string of the molecule is Cc1cc(OCCCc2cn(CC(=O)NS(C)(=O)=O)c3cccc(Cl)c23)cc(C)c1Cl. The Labute approximate surface area is 192 Å². The average Bonchev–Trinajstić information content (AvgIpc) is 3.00. The summed E-state index contributed by atoms with van der Waals surface area (Å²) in [5.41, 5.74) is 3.69. The molecule has 3 aromatic rings. The Morgan fingerprint density at radius 3 is 2.48 bits per heavy atom. The number of sulfonamides is 1. The van der Waals surface area contributed by atoms with Gasteiger partial charge in [-0.3, -0.25) is 9.52 Å². The first-order chi connectivity index (χ1) is 14.5. The Kier molecular flexibility index (Phi) is 7.19. The molecule has 6 nitrogen and oxygen atoms in total. The average molecular weight is 483 g/mol. The van der Waals surface area contributed by atoms with E-state index >= 15 is 0 Å². The fraction of sp³-hybridized carbons (Fsp3) is 0.318. The molecular weight excluding hydrogens is 459 g/mol. The maximum atomic E-state index is 12.1. The molecule has 0 saturated heterocycles. The second-order valence-electron chi connectivity index (χ2n) is 7.54. The highest BCUT2D eigenvalue weighted by atomic mass is 35.5. The molecule has 9 heteroatoms. The summed E-state index contributed by atoms with van der Waals surface area (Å²) in [6.07, 6.45) is 4.21. The maximum Gasteiger partial charge on any atom is 0.253 e. The van der Waals surface area contributed by atoms with Crippen LogP contribution in [0.4, 0.5) is 0 Å². The third-order valence-electron chi connectivity index (χ3n) is 4.82. The second kappa shape index (κ2) is 9.51. The zero-order valence-corrected chi connectivity index (χ0v) is 19.9. The lowest BCUT2D eigenvalue weighted by Gasteiger charge is -2.10. The van der Waals surface area contributed by atoms with Crippen molar-refractivity contribution in [1.29, 1.82) is 0 Å². The predicted molar refractivity (Wildman–Crippen MR) is 125 cm³/mol. The fourth-order valence-corrected chi connectivity index (χ4v) is 4.43. The first-order valence-electron chi connectivity index (χ1n) is 9.71. The second-order valence-corrected chi connectivity index (χ2v) is 10.1. The van der Waals surface area contributed by atoms with Gasteiger partial charge >= 0.3 is 0 Å². The van der Waals surface area contributed by atoms with Crippen molar-refractivity contribution >= 4 is 50.0 Å². The van der Waals surface area contributed by atoms with Crippen LogP contribution >= 0.6 is 23.2 Å². The van der Waals surface area contributed by atoms with E-state index in [1.165, 1.54) is 0 Å². The fourth-order valence-electron chi connectivity index (χ4n) is 3.55. The van der Waals surface area contributed by atoms with E-state index in [-0.39, 0.29) is 6.54 Å². The van der Waals surface area contributed by atoms with Gasteiger partial charge in [0.05, 0.1) is 23.4 Å². The number of nitrogens with zero attached hydrogens (tertiary/aromatic N) is 1. The van der Waals surface area contributed by atoms with Gasteiger partial charge in [0.25, 0.3) is 5.91 Å². The molecule has 1 amide bonds. The van der Waals surface area contributed by atoms with Crippen molar-refractivity contribution in [1.82, 2.24) is 9.29 Å². The number of ether oxygens (including phenoxy) is 1. The van der Waals surface area contributed by atoms with E-state index in [1.54, 1.807) is 16.7 Å². The number of halogens is 2. The number of fused-ring (bicyclic) bond motifs is 1. The Morgan fingerprint density at radius 1 is 1.16 bits per heavy atom. The molecule has 0 fully saturated rings. The van der Waals surface area contributed by atoms with Crippen LogP contribution in [0.3, 0.4) is 0 Å². The molecular formula is C22H24Cl2N2O4S. The van der Waals surface area contributed by atoms with Gasteiger partial charge in [-0.25, -0.2) is 8.42 Å². The Morgan fingerprint density at radius 2 is 1.84 bits per heavy atom. The molecule has 0 unspecified atom stereocenters. The molecule has 0 saturated carbocycles. The van der Waals surface area contributed by atoms with E-state index < -0.39 is 15.9 Å². The smallest absolute Gasteiger partial charge is 0.253 e. The molecule has 0 aliphatic carbocycles. The summed E-state index contributed by atoms with van der Waals surface area (Å²) >= 11 is 12.6. The number of carbonyl (C=O) groups excluding carboxylic acids is 1. The highest BCUT2D eigenvalue weighted by molar-refractivity contribution is 7.89. The number of hydrogen-bond acceptors (Lipinski definition) is 4. The van der Waals surface area contributed by atoms with Gasteiger partial charge in [0.2, 0.25) is 10.0 Å². The third kappa shape index (κ3) is 5.93. The molecule has 0 aliphatic rings. The summed E-state index contributed by atoms with van der Waals surface area (Å²) in [5, 5.41) is 2.18. The van der Waals surface area contributed by atoms with Gasteiger partial charge in [-0.15, -0.1) is 0 Å². The van der Waals surface area contributed by atoms with Gasteiger partial charge < -0.3 is 9.30 Å². The summed E-state index contributed by atoms with van der Waals surface area (Å²) in [6.45, 7) is 4.27. The van der Waals surface area contributed by atoms with Crippen LogP contribution in [0.5, 0.6) is 5.75 Å².